The normalized spacial score (nSPS) is 24.1. The molecule has 19 heavy (non-hydrogen) atoms. The van der Waals surface area contributed by atoms with Gasteiger partial charge in [0.2, 0.25) is 0 Å². The van der Waals surface area contributed by atoms with Crippen molar-refractivity contribution in [2.75, 3.05) is 6.54 Å². The third-order valence-corrected chi connectivity index (χ3v) is 5.28. The topological polar surface area (TPSA) is 12.0 Å². The first-order valence-corrected chi connectivity index (χ1v) is 8.16. The lowest BCUT2D eigenvalue weighted by molar-refractivity contribution is 0.232. The molecule has 0 bridgehead atoms. The highest BCUT2D eigenvalue weighted by Gasteiger charge is 2.52. The van der Waals surface area contributed by atoms with Crippen molar-refractivity contribution in [2.24, 2.45) is 5.92 Å². The Bertz CT molecular complexity index is 387. The van der Waals surface area contributed by atoms with E-state index < -0.39 is 0 Å². The highest BCUT2D eigenvalue weighted by Crippen LogP contribution is 2.54. The summed E-state index contributed by atoms with van der Waals surface area (Å²) in [4.78, 5) is 0. The molecule has 1 unspecified atom stereocenters. The second-order valence-corrected chi connectivity index (χ2v) is 6.46. The third kappa shape index (κ3) is 2.58. The van der Waals surface area contributed by atoms with Crippen LogP contribution in [-0.4, -0.2) is 12.6 Å². The Hall–Kier alpha value is -0.820. The van der Waals surface area contributed by atoms with Crippen molar-refractivity contribution in [3.63, 3.8) is 0 Å². The predicted octanol–water partition coefficient (Wildman–Crippen LogP) is 4.28. The SMILES string of the molecule is CCNC(C1CCCCC1)C1(c2ccccc2)CC1. The van der Waals surface area contributed by atoms with E-state index in [1.54, 1.807) is 5.56 Å². The van der Waals surface area contributed by atoms with Crippen molar-refractivity contribution in [1.29, 1.82) is 0 Å². The molecule has 1 N–H and O–H groups in total. The minimum absolute atomic E-state index is 0.458. The molecule has 1 nitrogen and oxygen atoms in total. The van der Waals surface area contributed by atoms with Gasteiger partial charge in [0.25, 0.3) is 0 Å². The molecule has 1 aromatic carbocycles. The van der Waals surface area contributed by atoms with Gasteiger partial charge in [-0.2, -0.15) is 0 Å². The largest absolute Gasteiger partial charge is 0.313 e. The van der Waals surface area contributed by atoms with Crippen molar-refractivity contribution in [2.45, 2.75) is 63.3 Å². The van der Waals surface area contributed by atoms with Gasteiger partial charge in [0.15, 0.2) is 0 Å². The molecule has 3 rings (SSSR count). The lowest BCUT2D eigenvalue weighted by Crippen LogP contribution is -2.46. The fourth-order valence-corrected chi connectivity index (χ4v) is 4.18. The summed E-state index contributed by atoms with van der Waals surface area (Å²) in [5.41, 5.74) is 2.03. The summed E-state index contributed by atoms with van der Waals surface area (Å²) < 4.78 is 0. The van der Waals surface area contributed by atoms with Crippen LogP contribution in [0.4, 0.5) is 0 Å². The van der Waals surface area contributed by atoms with Crippen LogP contribution in [0, 0.1) is 5.92 Å². The van der Waals surface area contributed by atoms with Gasteiger partial charge in [0.05, 0.1) is 0 Å². The Kier molecular flexibility index (Phi) is 3.93. The number of nitrogens with one attached hydrogen (secondary N) is 1. The maximum absolute atomic E-state index is 3.85. The molecule has 2 saturated carbocycles. The maximum Gasteiger partial charge on any atom is 0.0192 e. The molecule has 0 aromatic heterocycles. The molecule has 0 radical (unpaired) electrons. The van der Waals surface area contributed by atoms with Crippen molar-refractivity contribution in [3.8, 4) is 0 Å². The zero-order valence-electron chi connectivity index (χ0n) is 12.2. The smallest absolute Gasteiger partial charge is 0.0192 e. The van der Waals surface area contributed by atoms with Gasteiger partial charge in [-0.3, -0.25) is 0 Å². The van der Waals surface area contributed by atoms with E-state index in [-0.39, 0.29) is 0 Å². The van der Waals surface area contributed by atoms with Crippen LogP contribution in [-0.2, 0) is 5.41 Å². The molecule has 1 aromatic rings. The van der Waals surface area contributed by atoms with Crippen LogP contribution < -0.4 is 5.32 Å². The molecule has 2 fully saturated rings. The molecule has 0 heterocycles. The van der Waals surface area contributed by atoms with Crippen LogP contribution in [0.5, 0.6) is 0 Å². The van der Waals surface area contributed by atoms with E-state index in [0.717, 1.165) is 12.5 Å². The molecule has 2 aliphatic carbocycles. The Morgan fingerprint density at radius 2 is 1.79 bits per heavy atom. The first kappa shape index (κ1) is 13.2. The number of hydrogen-bond donors (Lipinski definition) is 1. The summed E-state index contributed by atoms with van der Waals surface area (Å²) in [7, 11) is 0. The maximum atomic E-state index is 3.85. The van der Waals surface area contributed by atoms with Gasteiger partial charge in [-0.1, -0.05) is 56.5 Å². The Morgan fingerprint density at radius 3 is 2.37 bits per heavy atom. The van der Waals surface area contributed by atoms with Crippen LogP contribution >= 0.6 is 0 Å². The Balaban J connectivity index is 1.83. The number of hydrogen-bond acceptors (Lipinski definition) is 1. The van der Waals surface area contributed by atoms with Crippen LogP contribution in [0.15, 0.2) is 30.3 Å². The molecule has 104 valence electrons. The summed E-state index contributed by atoms with van der Waals surface area (Å²) in [6.07, 6.45) is 9.97. The first-order chi connectivity index (χ1) is 9.37. The van der Waals surface area contributed by atoms with Gasteiger partial charge < -0.3 is 5.32 Å². The van der Waals surface area contributed by atoms with E-state index in [9.17, 15) is 0 Å². The summed E-state index contributed by atoms with van der Waals surface area (Å²) >= 11 is 0. The zero-order chi connectivity index (χ0) is 13.1. The molecule has 0 spiro atoms. The summed E-state index contributed by atoms with van der Waals surface area (Å²) in [6.45, 7) is 3.37. The van der Waals surface area contributed by atoms with Gasteiger partial charge in [-0.25, -0.2) is 0 Å². The van der Waals surface area contributed by atoms with E-state index in [1.807, 2.05) is 0 Å². The molecule has 1 atom stereocenters. The van der Waals surface area contributed by atoms with Gasteiger partial charge in [0, 0.05) is 11.5 Å². The van der Waals surface area contributed by atoms with E-state index in [2.05, 4.69) is 42.6 Å². The summed E-state index contributed by atoms with van der Waals surface area (Å²) in [5, 5.41) is 3.85. The molecular weight excluding hydrogens is 230 g/mol. The second-order valence-electron chi connectivity index (χ2n) is 6.46. The van der Waals surface area contributed by atoms with Crippen LogP contribution in [0.3, 0.4) is 0 Å². The van der Waals surface area contributed by atoms with E-state index in [0.29, 0.717) is 11.5 Å². The molecule has 0 amide bonds. The number of benzene rings is 1. The monoisotopic (exact) mass is 257 g/mol. The molecule has 1 heteroatoms. The lowest BCUT2D eigenvalue weighted by atomic mass is 9.74. The van der Waals surface area contributed by atoms with E-state index in [1.165, 1.54) is 44.9 Å². The highest BCUT2D eigenvalue weighted by atomic mass is 15.0. The van der Waals surface area contributed by atoms with Crippen molar-refractivity contribution in [3.05, 3.63) is 35.9 Å². The van der Waals surface area contributed by atoms with Gasteiger partial charge in [-0.05, 0) is 43.7 Å². The number of rotatable bonds is 5. The van der Waals surface area contributed by atoms with Crippen molar-refractivity contribution >= 4 is 0 Å². The van der Waals surface area contributed by atoms with Crippen LogP contribution in [0.1, 0.15) is 57.4 Å². The second kappa shape index (κ2) is 5.66. The van der Waals surface area contributed by atoms with Crippen LogP contribution in [0.25, 0.3) is 0 Å². The fraction of sp³-hybridized carbons (Fsp3) is 0.667. The average Bonchev–Trinajstić information content (AvgIpc) is 3.28. The fourth-order valence-electron chi connectivity index (χ4n) is 4.18. The molecule has 0 saturated heterocycles. The molecular formula is C18H27N. The minimum atomic E-state index is 0.458. The summed E-state index contributed by atoms with van der Waals surface area (Å²) in [5.74, 6) is 0.899. The van der Waals surface area contributed by atoms with Crippen molar-refractivity contribution < 1.29 is 0 Å². The standard InChI is InChI=1S/C18H27N/c1-2-19-17(15-9-5-3-6-10-15)18(13-14-18)16-11-7-4-8-12-16/h4,7-8,11-12,15,17,19H,2-3,5-6,9-10,13-14H2,1H3. The Labute approximate surface area is 117 Å². The molecule has 2 aliphatic rings. The van der Waals surface area contributed by atoms with E-state index in [4.69, 9.17) is 0 Å². The average molecular weight is 257 g/mol. The molecule has 0 aliphatic heterocycles. The minimum Gasteiger partial charge on any atom is -0.313 e. The first-order valence-electron chi connectivity index (χ1n) is 8.16. The lowest BCUT2D eigenvalue weighted by Gasteiger charge is -2.37. The van der Waals surface area contributed by atoms with Crippen LogP contribution in [0.2, 0.25) is 0 Å². The summed E-state index contributed by atoms with van der Waals surface area (Å²) in [6, 6.07) is 12.0. The van der Waals surface area contributed by atoms with Gasteiger partial charge in [0.1, 0.15) is 0 Å². The van der Waals surface area contributed by atoms with E-state index >= 15 is 0 Å². The van der Waals surface area contributed by atoms with Gasteiger partial charge >= 0.3 is 0 Å². The third-order valence-electron chi connectivity index (χ3n) is 5.28. The zero-order valence-corrected chi connectivity index (χ0v) is 12.2. The Morgan fingerprint density at radius 1 is 1.11 bits per heavy atom. The number of likely N-dealkylation sites (N-methyl/N-ethyl adjacent to an activating group) is 1. The highest BCUT2D eigenvalue weighted by molar-refractivity contribution is 5.34. The predicted molar refractivity (Wildman–Crippen MR) is 81.4 cm³/mol. The van der Waals surface area contributed by atoms with Gasteiger partial charge in [-0.15, -0.1) is 0 Å². The quantitative estimate of drug-likeness (QED) is 0.830. The van der Waals surface area contributed by atoms with Crippen molar-refractivity contribution in [1.82, 2.24) is 5.32 Å².